The van der Waals surface area contributed by atoms with Gasteiger partial charge < -0.3 is 16.8 Å². The number of benzene rings is 1. The van der Waals surface area contributed by atoms with Crippen molar-refractivity contribution < 1.29 is 14.4 Å². The third-order valence-electron chi connectivity index (χ3n) is 5.88. The fourth-order valence-corrected chi connectivity index (χ4v) is 5.94. The third-order valence-corrected chi connectivity index (χ3v) is 7.66. The Hall–Kier alpha value is -3.24. The van der Waals surface area contributed by atoms with Crippen molar-refractivity contribution in [1.29, 1.82) is 0 Å². The summed E-state index contributed by atoms with van der Waals surface area (Å²) in [5.41, 5.74) is 13.7. The normalized spacial score (nSPS) is 14.6. The Balaban J connectivity index is 1.84. The molecule has 4 rings (SSSR count). The molecule has 0 spiro atoms. The van der Waals surface area contributed by atoms with Crippen LogP contribution in [0.1, 0.15) is 67.9 Å². The minimum atomic E-state index is -0.909. The summed E-state index contributed by atoms with van der Waals surface area (Å²) in [5.74, 6) is -1.56. The van der Waals surface area contributed by atoms with Gasteiger partial charge in [0, 0.05) is 16.6 Å². The van der Waals surface area contributed by atoms with Crippen molar-refractivity contribution in [1.82, 2.24) is 9.69 Å². The first-order chi connectivity index (χ1) is 16.3. The van der Waals surface area contributed by atoms with E-state index in [-0.39, 0.29) is 28.2 Å². The molecular weight excluding hydrogens is 470 g/mol. The average Bonchev–Trinajstić information content (AvgIpc) is 3.53. The summed E-state index contributed by atoms with van der Waals surface area (Å²) in [7, 11) is 0. The van der Waals surface area contributed by atoms with Gasteiger partial charge in [0.25, 0.3) is 11.8 Å². The van der Waals surface area contributed by atoms with E-state index in [1.807, 2.05) is 49.6 Å². The topological polar surface area (TPSA) is 131 Å². The van der Waals surface area contributed by atoms with Gasteiger partial charge in [-0.1, -0.05) is 25.0 Å². The lowest BCUT2D eigenvalue weighted by atomic mass is 10.1. The number of nitrogens with one attached hydrogen (secondary N) is 1. The summed E-state index contributed by atoms with van der Waals surface area (Å²) in [4.78, 5) is 41.7. The number of rotatable bonds is 7. The Morgan fingerprint density at radius 3 is 2.38 bits per heavy atom. The Morgan fingerprint density at radius 2 is 1.82 bits per heavy atom. The minimum Gasteiger partial charge on any atom is -0.395 e. The van der Waals surface area contributed by atoms with Gasteiger partial charge in [-0.05, 0) is 72.9 Å². The number of nitrogens with two attached hydrogens (primary N) is 2. The van der Waals surface area contributed by atoms with Crippen LogP contribution in [-0.2, 0) is 4.79 Å². The smallest absolute Gasteiger partial charge is 0.273 e. The summed E-state index contributed by atoms with van der Waals surface area (Å²) in [6.45, 7) is 3.87. The molecule has 1 aliphatic rings. The maximum atomic E-state index is 14.0. The molecular formula is C24H27N5O3S2. The van der Waals surface area contributed by atoms with E-state index in [4.69, 9.17) is 11.5 Å². The molecule has 8 nitrogen and oxygen atoms in total. The van der Waals surface area contributed by atoms with Gasteiger partial charge in [-0.15, -0.1) is 11.3 Å². The number of anilines is 2. The number of hydrogen-bond donors (Lipinski definition) is 3. The minimum absolute atomic E-state index is 0.0713. The number of nitrogen functional groups attached to an aromatic ring is 1. The highest BCUT2D eigenvalue weighted by molar-refractivity contribution is 7.10. The zero-order valence-corrected chi connectivity index (χ0v) is 20.7. The quantitative estimate of drug-likeness (QED) is 0.455. The van der Waals surface area contributed by atoms with E-state index in [0.29, 0.717) is 5.69 Å². The van der Waals surface area contributed by atoms with E-state index in [2.05, 4.69) is 9.69 Å². The van der Waals surface area contributed by atoms with Crippen LogP contribution in [0.3, 0.4) is 0 Å². The largest absolute Gasteiger partial charge is 0.395 e. The Morgan fingerprint density at radius 1 is 1.15 bits per heavy atom. The standard InChI is InChI=1S/C24H27N5O3S2/c1-13-10-14(2)12-16(11-13)29(24(32)21-18(25)19(22(26)30)28-34-21)20(17-8-5-9-33-17)23(31)27-15-6-3-4-7-15/h5,8-12,15,20H,3-4,6-7,25H2,1-2H3,(H2,26,30)(H,27,31)/t20-/m1/s1. The van der Waals surface area contributed by atoms with E-state index >= 15 is 0 Å². The lowest BCUT2D eigenvalue weighted by Gasteiger charge is -2.31. The van der Waals surface area contributed by atoms with Crippen molar-refractivity contribution in [2.75, 3.05) is 10.6 Å². The molecule has 1 atom stereocenters. The number of carbonyl (C=O) groups is 3. The molecule has 1 fully saturated rings. The summed E-state index contributed by atoms with van der Waals surface area (Å²) < 4.78 is 3.99. The zero-order chi connectivity index (χ0) is 24.4. The molecule has 1 aliphatic carbocycles. The monoisotopic (exact) mass is 497 g/mol. The first-order valence-corrected chi connectivity index (χ1v) is 12.7. The van der Waals surface area contributed by atoms with E-state index in [1.54, 1.807) is 0 Å². The van der Waals surface area contributed by atoms with Crippen molar-refractivity contribution in [2.45, 2.75) is 51.6 Å². The number of carbonyl (C=O) groups excluding carboxylic acids is 3. The van der Waals surface area contributed by atoms with E-state index in [9.17, 15) is 14.4 Å². The lowest BCUT2D eigenvalue weighted by Crippen LogP contribution is -2.46. The molecule has 1 saturated carbocycles. The molecule has 34 heavy (non-hydrogen) atoms. The number of thiophene rings is 1. The number of aryl methyl sites for hydroxylation is 2. The van der Waals surface area contributed by atoms with Crippen LogP contribution in [-0.4, -0.2) is 28.1 Å². The molecule has 0 saturated heterocycles. The maximum Gasteiger partial charge on any atom is 0.273 e. The molecule has 2 heterocycles. The SMILES string of the molecule is Cc1cc(C)cc(N(C(=O)c2snc(C(N)=O)c2N)[C@@H](C(=O)NC2CCCC2)c2cccs2)c1. The lowest BCUT2D eigenvalue weighted by molar-refractivity contribution is -0.123. The van der Waals surface area contributed by atoms with Gasteiger partial charge in [0.1, 0.15) is 4.88 Å². The van der Waals surface area contributed by atoms with Crippen LogP contribution in [0.4, 0.5) is 11.4 Å². The molecule has 0 aliphatic heterocycles. The van der Waals surface area contributed by atoms with Gasteiger partial charge in [-0.3, -0.25) is 19.3 Å². The van der Waals surface area contributed by atoms with Crippen LogP contribution in [0.2, 0.25) is 0 Å². The second-order valence-corrected chi connectivity index (χ2v) is 10.3. The second-order valence-electron chi connectivity index (χ2n) is 8.57. The Kier molecular flexibility index (Phi) is 6.99. The maximum absolute atomic E-state index is 14.0. The summed E-state index contributed by atoms with van der Waals surface area (Å²) in [6, 6.07) is 8.59. The third kappa shape index (κ3) is 4.83. The van der Waals surface area contributed by atoms with Gasteiger partial charge in [-0.25, -0.2) is 0 Å². The number of aromatic nitrogens is 1. The predicted octanol–water partition coefficient (Wildman–Crippen LogP) is 3.95. The van der Waals surface area contributed by atoms with E-state index in [0.717, 1.165) is 53.2 Å². The van der Waals surface area contributed by atoms with Crippen molar-refractivity contribution >= 4 is 52.0 Å². The molecule has 10 heteroatoms. The van der Waals surface area contributed by atoms with Gasteiger partial charge in [0.15, 0.2) is 11.7 Å². The van der Waals surface area contributed by atoms with Crippen molar-refractivity contribution in [2.24, 2.45) is 5.73 Å². The van der Waals surface area contributed by atoms with Gasteiger partial charge in [0.05, 0.1) is 5.69 Å². The van der Waals surface area contributed by atoms with E-state index in [1.165, 1.54) is 16.2 Å². The molecule has 3 amide bonds. The van der Waals surface area contributed by atoms with Crippen LogP contribution in [0, 0.1) is 13.8 Å². The molecule has 0 bridgehead atoms. The van der Waals surface area contributed by atoms with Gasteiger partial charge in [-0.2, -0.15) is 4.37 Å². The highest BCUT2D eigenvalue weighted by Crippen LogP contribution is 2.36. The van der Waals surface area contributed by atoms with Crippen LogP contribution in [0.5, 0.6) is 0 Å². The van der Waals surface area contributed by atoms with E-state index < -0.39 is 17.9 Å². The second kappa shape index (κ2) is 9.94. The average molecular weight is 498 g/mol. The van der Waals surface area contributed by atoms with Crippen LogP contribution in [0.25, 0.3) is 0 Å². The predicted molar refractivity (Wildman–Crippen MR) is 135 cm³/mol. The Bertz CT molecular complexity index is 1200. The molecule has 0 radical (unpaired) electrons. The molecule has 0 unspecified atom stereocenters. The Labute approximate surface area is 206 Å². The fraction of sp³-hybridized carbons (Fsp3) is 0.333. The number of nitrogens with zero attached hydrogens (tertiary/aromatic N) is 2. The number of amides is 3. The van der Waals surface area contributed by atoms with Crippen molar-refractivity contribution in [3.8, 4) is 0 Å². The summed E-state index contributed by atoms with van der Waals surface area (Å²) in [6.07, 6.45) is 3.98. The fourth-order valence-electron chi connectivity index (χ4n) is 4.38. The number of primary amides is 1. The molecule has 2 aromatic heterocycles. The summed E-state index contributed by atoms with van der Waals surface area (Å²) >= 11 is 2.21. The van der Waals surface area contributed by atoms with Gasteiger partial charge >= 0.3 is 0 Å². The van der Waals surface area contributed by atoms with Crippen molar-refractivity contribution in [3.05, 3.63) is 62.3 Å². The zero-order valence-electron chi connectivity index (χ0n) is 19.0. The highest BCUT2D eigenvalue weighted by atomic mass is 32.1. The molecule has 5 N–H and O–H groups in total. The molecule has 178 valence electrons. The summed E-state index contributed by atoms with van der Waals surface area (Å²) in [5, 5.41) is 5.02. The molecule has 1 aromatic carbocycles. The van der Waals surface area contributed by atoms with Crippen LogP contribution >= 0.6 is 22.9 Å². The molecule has 3 aromatic rings. The first kappa shape index (κ1) is 23.9. The van der Waals surface area contributed by atoms with Crippen molar-refractivity contribution in [3.63, 3.8) is 0 Å². The van der Waals surface area contributed by atoms with Crippen LogP contribution in [0.15, 0.2) is 35.7 Å². The van der Waals surface area contributed by atoms with Gasteiger partial charge in [0.2, 0.25) is 5.91 Å². The van der Waals surface area contributed by atoms with Crippen LogP contribution < -0.4 is 21.7 Å². The highest BCUT2D eigenvalue weighted by Gasteiger charge is 2.37. The first-order valence-electron chi connectivity index (χ1n) is 11.1. The number of hydrogen-bond acceptors (Lipinski definition) is 7.